The average Bonchev–Trinajstić information content (AvgIpc) is 2.46. The minimum atomic E-state index is -0.137. The van der Waals surface area contributed by atoms with Crippen LogP contribution in [0, 0.1) is 0 Å². The summed E-state index contributed by atoms with van der Waals surface area (Å²) in [6.45, 7) is 6.57. The van der Waals surface area contributed by atoms with E-state index in [-0.39, 0.29) is 17.5 Å². The molecule has 4 N–H and O–H groups in total. The lowest BCUT2D eigenvalue weighted by molar-refractivity contribution is 0.761. The van der Waals surface area contributed by atoms with Crippen molar-refractivity contribution in [2.45, 2.75) is 39.3 Å². The van der Waals surface area contributed by atoms with E-state index in [1.54, 1.807) is 0 Å². The quantitative estimate of drug-likeness (QED) is 0.788. The molecule has 1 heterocycles. The van der Waals surface area contributed by atoms with Crippen molar-refractivity contribution in [3.8, 4) is 0 Å². The van der Waals surface area contributed by atoms with Gasteiger partial charge in [-0.05, 0) is 18.1 Å². The highest BCUT2D eigenvalue weighted by atomic mass is 16.1. The topological polar surface area (TPSA) is 83.8 Å². The Labute approximate surface area is 124 Å². The van der Waals surface area contributed by atoms with Crippen LogP contribution in [-0.4, -0.2) is 9.97 Å². The van der Waals surface area contributed by atoms with E-state index in [1.807, 2.05) is 45.0 Å². The Morgan fingerprint density at radius 3 is 2.48 bits per heavy atom. The fraction of sp³-hybridized carbons (Fsp3) is 0.375. The zero-order chi connectivity index (χ0) is 15.4. The van der Waals surface area contributed by atoms with Crippen molar-refractivity contribution in [1.29, 1.82) is 0 Å². The fourth-order valence-electron chi connectivity index (χ4n) is 2.07. The highest BCUT2D eigenvalue weighted by Crippen LogP contribution is 2.18. The third-order valence-corrected chi connectivity index (χ3v) is 3.39. The maximum atomic E-state index is 11.7. The first-order chi connectivity index (χ1) is 9.99. The van der Waals surface area contributed by atoms with Crippen molar-refractivity contribution in [1.82, 2.24) is 9.97 Å². The maximum Gasteiger partial charge on any atom is 0.252 e. The van der Waals surface area contributed by atoms with Gasteiger partial charge in [0.05, 0.1) is 0 Å². The summed E-state index contributed by atoms with van der Waals surface area (Å²) < 4.78 is 0. The lowest BCUT2D eigenvalue weighted by Crippen LogP contribution is -2.16. The number of anilines is 1. The van der Waals surface area contributed by atoms with Crippen LogP contribution >= 0.6 is 0 Å². The van der Waals surface area contributed by atoms with Crippen LogP contribution < -0.4 is 16.6 Å². The summed E-state index contributed by atoms with van der Waals surface area (Å²) in [6, 6.07) is 9.64. The molecule has 1 aromatic heterocycles. The number of aromatic nitrogens is 2. The second-order valence-corrected chi connectivity index (χ2v) is 5.48. The number of nitrogens with zero attached hydrogens (tertiary/aromatic N) is 1. The summed E-state index contributed by atoms with van der Waals surface area (Å²) in [6.07, 6.45) is 0. The molecule has 0 fully saturated rings. The van der Waals surface area contributed by atoms with Crippen molar-refractivity contribution < 1.29 is 0 Å². The molecule has 0 saturated heterocycles. The van der Waals surface area contributed by atoms with Gasteiger partial charge < -0.3 is 16.0 Å². The van der Waals surface area contributed by atoms with Crippen LogP contribution in [0.15, 0.2) is 35.1 Å². The minimum Gasteiger partial charge on any atom is -0.363 e. The van der Waals surface area contributed by atoms with Crippen molar-refractivity contribution >= 4 is 5.82 Å². The molecular formula is C16H22N4O. The van der Waals surface area contributed by atoms with Crippen LogP contribution in [-0.2, 0) is 6.54 Å². The SMILES string of the molecule is CC(C)c1nc(NC(C)c2ccc(CN)cc2)cc(=O)[nH]1. The van der Waals surface area contributed by atoms with Gasteiger partial charge in [0.25, 0.3) is 5.56 Å². The molecule has 0 radical (unpaired) electrons. The van der Waals surface area contributed by atoms with E-state index in [0.717, 1.165) is 11.1 Å². The Bertz CT molecular complexity index is 646. The zero-order valence-electron chi connectivity index (χ0n) is 12.7. The molecule has 112 valence electrons. The van der Waals surface area contributed by atoms with Gasteiger partial charge in [0, 0.05) is 24.6 Å². The van der Waals surface area contributed by atoms with E-state index in [2.05, 4.69) is 15.3 Å². The van der Waals surface area contributed by atoms with Crippen LogP contribution in [0.1, 0.15) is 49.7 Å². The van der Waals surface area contributed by atoms with E-state index >= 15 is 0 Å². The van der Waals surface area contributed by atoms with E-state index in [4.69, 9.17) is 5.73 Å². The molecule has 5 nitrogen and oxygen atoms in total. The predicted octanol–water partition coefficient (Wildman–Crippen LogP) is 2.53. The summed E-state index contributed by atoms with van der Waals surface area (Å²) in [5, 5.41) is 3.27. The largest absolute Gasteiger partial charge is 0.363 e. The first-order valence-corrected chi connectivity index (χ1v) is 7.16. The predicted molar refractivity (Wildman–Crippen MR) is 85.3 cm³/mol. The molecule has 0 saturated carbocycles. The van der Waals surface area contributed by atoms with Crippen LogP contribution in [0.25, 0.3) is 0 Å². The van der Waals surface area contributed by atoms with Crippen molar-refractivity contribution in [3.05, 3.63) is 57.6 Å². The molecule has 0 aliphatic rings. The summed E-state index contributed by atoms with van der Waals surface area (Å²) in [5.41, 5.74) is 7.68. The van der Waals surface area contributed by atoms with Crippen molar-refractivity contribution in [2.75, 3.05) is 5.32 Å². The number of nitrogens with one attached hydrogen (secondary N) is 2. The molecule has 2 rings (SSSR count). The van der Waals surface area contributed by atoms with Gasteiger partial charge in [-0.1, -0.05) is 38.1 Å². The molecule has 0 amide bonds. The van der Waals surface area contributed by atoms with Gasteiger partial charge in [0.1, 0.15) is 11.6 Å². The molecule has 2 aromatic rings. The van der Waals surface area contributed by atoms with Crippen LogP contribution in [0.4, 0.5) is 5.82 Å². The third kappa shape index (κ3) is 3.92. The highest BCUT2D eigenvalue weighted by molar-refractivity contribution is 5.38. The van der Waals surface area contributed by atoms with Crippen LogP contribution in [0.5, 0.6) is 0 Å². The van der Waals surface area contributed by atoms with Crippen LogP contribution in [0.2, 0.25) is 0 Å². The lowest BCUT2D eigenvalue weighted by atomic mass is 10.1. The van der Waals surface area contributed by atoms with Gasteiger partial charge in [0.15, 0.2) is 0 Å². The Balaban J connectivity index is 2.18. The van der Waals surface area contributed by atoms with Crippen LogP contribution in [0.3, 0.4) is 0 Å². The first kappa shape index (κ1) is 15.3. The number of rotatable bonds is 5. The minimum absolute atomic E-state index is 0.0612. The number of H-pyrrole nitrogens is 1. The molecular weight excluding hydrogens is 264 g/mol. The number of benzene rings is 1. The normalized spacial score (nSPS) is 12.4. The standard InChI is InChI=1S/C16H22N4O/c1-10(2)16-19-14(8-15(21)20-16)18-11(3)13-6-4-12(9-17)5-7-13/h4-8,10-11H,9,17H2,1-3H3,(H2,18,19,20,21). The van der Waals surface area contributed by atoms with Gasteiger partial charge in [-0.15, -0.1) is 0 Å². The van der Waals surface area contributed by atoms with Gasteiger partial charge in [-0.3, -0.25) is 4.79 Å². The molecule has 1 unspecified atom stereocenters. The van der Waals surface area contributed by atoms with E-state index < -0.39 is 0 Å². The lowest BCUT2D eigenvalue weighted by Gasteiger charge is -2.16. The van der Waals surface area contributed by atoms with Crippen molar-refractivity contribution in [3.63, 3.8) is 0 Å². The van der Waals surface area contributed by atoms with Gasteiger partial charge >= 0.3 is 0 Å². The third-order valence-electron chi connectivity index (χ3n) is 3.39. The Hall–Kier alpha value is -2.14. The highest BCUT2D eigenvalue weighted by Gasteiger charge is 2.09. The van der Waals surface area contributed by atoms with E-state index in [9.17, 15) is 4.79 Å². The number of aromatic amines is 1. The Kier molecular flexibility index (Phi) is 4.75. The summed E-state index contributed by atoms with van der Waals surface area (Å²) in [5.74, 6) is 1.46. The van der Waals surface area contributed by atoms with E-state index in [1.165, 1.54) is 6.07 Å². The molecule has 0 aliphatic heterocycles. The molecule has 1 atom stereocenters. The zero-order valence-corrected chi connectivity index (χ0v) is 12.7. The second kappa shape index (κ2) is 6.54. The fourth-order valence-corrected chi connectivity index (χ4v) is 2.07. The number of nitrogens with two attached hydrogens (primary N) is 1. The molecule has 1 aromatic carbocycles. The molecule has 0 bridgehead atoms. The first-order valence-electron chi connectivity index (χ1n) is 7.16. The Morgan fingerprint density at radius 1 is 1.24 bits per heavy atom. The molecule has 5 heteroatoms. The summed E-state index contributed by atoms with van der Waals surface area (Å²) in [4.78, 5) is 18.9. The number of hydrogen-bond donors (Lipinski definition) is 3. The van der Waals surface area contributed by atoms with Gasteiger partial charge in [-0.2, -0.15) is 0 Å². The molecule has 0 spiro atoms. The maximum absolute atomic E-state index is 11.7. The van der Waals surface area contributed by atoms with Gasteiger partial charge in [-0.25, -0.2) is 4.98 Å². The molecule has 0 aliphatic carbocycles. The Morgan fingerprint density at radius 2 is 1.90 bits per heavy atom. The number of hydrogen-bond acceptors (Lipinski definition) is 4. The summed E-state index contributed by atoms with van der Waals surface area (Å²) in [7, 11) is 0. The molecule has 21 heavy (non-hydrogen) atoms. The average molecular weight is 286 g/mol. The second-order valence-electron chi connectivity index (χ2n) is 5.48. The summed E-state index contributed by atoms with van der Waals surface area (Å²) >= 11 is 0. The smallest absolute Gasteiger partial charge is 0.252 e. The monoisotopic (exact) mass is 286 g/mol. The van der Waals surface area contributed by atoms with Crippen molar-refractivity contribution in [2.24, 2.45) is 5.73 Å². The van der Waals surface area contributed by atoms with Gasteiger partial charge in [0.2, 0.25) is 0 Å². The van der Waals surface area contributed by atoms with E-state index in [0.29, 0.717) is 18.2 Å².